The van der Waals surface area contributed by atoms with Crippen LogP contribution in [0.3, 0.4) is 0 Å². The van der Waals surface area contributed by atoms with E-state index >= 15 is 0 Å². The lowest BCUT2D eigenvalue weighted by molar-refractivity contribution is -0.133. The van der Waals surface area contributed by atoms with E-state index in [9.17, 15) is 9.59 Å². The zero-order valence-corrected chi connectivity index (χ0v) is 20.1. The number of carbonyl (C=O) groups excluding carboxylic acids is 2. The van der Waals surface area contributed by atoms with Gasteiger partial charge in [-0.1, -0.05) is 79.1 Å². The van der Waals surface area contributed by atoms with Gasteiger partial charge in [-0.2, -0.15) is 0 Å². The summed E-state index contributed by atoms with van der Waals surface area (Å²) in [6, 6.07) is 0. The molecule has 4 heteroatoms. The molecule has 0 unspecified atom stereocenters. The first kappa shape index (κ1) is 27.9. The summed E-state index contributed by atoms with van der Waals surface area (Å²) in [6.07, 6.45) is 15.5. The van der Waals surface area contributed by atoms with Gasteiger partial charge in [0, 0.05) is 39.0 Å². The highest BCUT2D eigenvalue weighted by molar-refractivity contribution is 5.79. The van der Waals surface area contributed by atoms with Gasteiger partial charge in [0.05, 0.1) is 0 Å². The highest BCUT2D eigenvalue weighted by Gasteiger charge is 2.16. The number of hydrogen-bond donors (Lipinski definition) is 0. The fourth-order valence-electron chi connectivity index (χ4n) is 3.64. The van der Waals surface area contributed by atoms with Crippen LogP contribution in [0, 0.1) is 0 Å². The Morgan fingerprint density at radius 2 is 0.724 bits per heavy atom. The minimum absolute atomic E-state index is 0.244. The summed E-state index contributed by atoms with van der Waals surface area (Å²) in [4.78, 5) is 29.5. The first-order valence-electron chi connectivity index (χ1n) is 12.7. The van der Waals surface area contributed by atoms with Gasteiger partial charge < -0.3 is 9.80 Å². The number of amides is 2. The Bertz CT molecular complexity index is 342. The number of carbonyl (C=O) groups is 2. The van der Waals surface area contributed by atoms with Crippen LogP contribution in [-0.2, 0) is 9.59 Å². The number of nitrogens with zero attached hydrogens (tertiary/aromatic N) is 2. The summed E-state index contributed by atoms with van der Waals surface area (Å²) in [7, 11) is 0. The predicted molar refractivity (Wildman–Crippen MR) is 125 cm³/mol. The summed E-state index contributed by atoms with van der Waals surface area (Å²) in [6.45, 7) is 12.3. The van der Waals surface area contributed by atoms with Crippen molar-refractivity contribution in [2.45, 2.75) is 124 Å². The number of hydrogen-bond acceptors (Lipinski definition) is 2. The molecule has 0 saturated carbocycles. The third-order valence-electron chi connectivity index (χ3n) is 5.61. The van der Waals surface area contributed by atoms with Gasteiger partial charge in [0.25, 0.3) is 0 Å². The molecule has 0 spiro atoms. The zero-order chi connectivity index (χ0) is 21.7. The molecule has 0 atom stereocenters. The molecule has 0 aromatic heterocycles. The van der Waals surface area contributed by atoms with Crippen LogP contribution < -0.4 is 0 Å². The largest absolute Gasteiger partial charge is 0.343 e. The topological polar surface area (TPSA) is 40.6 Å². The molecule has 0 aliphatic carbocycles. The van der Waals surface area contributed by atoms with Gasteiger partial charge in [-0.05, 0) is 32.1 Å². The normalized spacial score (nSPS) is 10.9. The molecule has 2 amide bonds. The second-order valence-electron chi connectivity index (χ2n) is 8.44. The third-order valence-corrected chi connectivity index (χ3v) is 5.61. The SMILES string of the molecule is CCCCCN(CCCCC)C(=O)CCCC(=O)N(CCCCC)CCCCC. The lowest BCUT2D eigenvalue weighted by Gasteiger charge is -2.24. The van der Waals surface area contributed by atoms with Crippen LogP contribution in [0.25, 0.3) is 0 Å². The summed E-state index contributed by atoms with van der Waals surface area (Å²) < 4.78 is 0. The predicted octanol–water partition coefficient (Wildman–Crippen LogP) is 6.57. The second kappa shape index (κ2) is 20.2. The molecule has 0 radical (unpaired) electrons. The van der Waals surface area contributed by atoms with Crippen molar-refractivity contribution in [2.24, 2.45) is 0 Å². The number of rotatable bonds is 20. The molecule has 0 aliphatic heterocycles. The van der Waals surface area contributed by atoms with E-state index in [1.54, 1.807) is 0 Å². The van der Waals surface area contributed by atoms with Crippen molar-refractivity contribution in [1.29, 1.82) is 0 Å². The van der Waals surface area contributed by atoms with Crippen LogP contribution in [0.1, 0.15) is 124 Å². The zero-order valence-electron chi connectivity index (χ0n) is 20.1. The van der Waals surface area contributed by atoms with Gasteiger partial charge in [-0.15, -0.1) is 0 Å². The summed E-state index contributed by atoms with van der Waals surface area (Å²) >= 11 is 0. The molecule has 0 aliphatic rings. The third kappa shape index (κ3) is 15.4. The van der Waals surface area contributed by atoms with Crippen molar-refractivity contribution in [1.82, 2.24) is 9.80 Å². The molecule has 0 heterocycles. The lowest BCUT2D eigenvalue weighted by Crippen LogP contribution is -2.34. The summed E-state index contributed by atoms with van der Waals surface area (Å²) in [5, 5.41) is 0. The molecule has 0 bridgehead atoms. The van der Waals surface area contributed by atoms with Crippen molar-refractivity contribution in [3.8, 4) is 0 Å². The molecule has 0 fully saturated rings. The Morgan fingerprint density at radius 3 is 0.966 bits per heavy atom. The molecule has 0 aromatic carbocycles. The molecule has 29 heavy (non-hydrogen) atoms. The first-order chi connectivity index (χ1) is 14.1. The maximum Gasteiger partial charge on any atom is 0.222 e. The molecule has 4 nitrogen and oxygen atoms in total. The Labute approximate surface area is 181 Å². The first-order valence-corrected chi connectivity index (χ1v) is 12.7. The summed E-state index contributed by atoms with van der Waals surface area (Å²) in [5.74, 6) is 0.488. The lowest BCUT2D eigenvalue weighted by atomic mass is 10.1. The maximum absolute atomic E-state index is 12.7. The number of unbranched alkanes of at least 4 members (excludes halogenated alkanes) is 8. The molecule has 0 saturated heterocycles. The van der Waals surface area contributed by atoms with E-state index in [1.165, 1.54) is 51.4 Å². The van der Waals surface area contributed by atoms with Crippen molar-refractivity contribution in [3.63, 3.8) is 0 Å². The highest BCUT2D eigenvalue weighted by Crippen LogP contribution is 2.10. The minimum atomic E-state index is 0.244. The van der Waals surface area contributed by atoms with Gasteiger partial charge in [-0.3, -0.25) is 9.59 Å². The van der Waals surface area contributed by atoms with E-state index in [1.807, 2.05) is 0 Å². The highest BCUT2D eigenvalue weighted by atomic mass is 16.2. The Morgan fingerprint density at radius 1 is 0.448 bits per heavy atom. The molecule has 172 valence electrons. The van der Waals surface area contributed by atoms with Crippen molar-refractivity contribution >= 4 is 11.8 Å². The van der Waals surface area contributed by atoms with Gasteiger partial charge in [0.15, 0.2) is 0 Å². The van der Waals surface area contributed by atoms with Gasteiger partial charge in [-0.25, -0.2) is 0 Å². The second-order valence-corrected chi connectivity index (χ2v) is 8.44. The van der Waals surface area contributed by atoms with Crippen LogP contribution in [0.2, 0.25) is 0 Å². The van der Waals surface area contributed by atoms with Gasteiger partial charge in [0.1, 0.15) is 0 Å². The Kier molecular flexibility index (Phi) is 19.5. The van der Waals surface area contributed by atoms with Crippen LogP contribution in [0.15, 0.2) is 0 Å². The minimum Gasteiger partial charge on any atom is -0.343 e. The molecular weight excluding hydrogens is 360 g/mol. The van der Waals surface area contributed by atoms with Crippen molar-refractivity contribution in [3.05, 3.63) is 0 Å². The van der Waals surface area contributed by atoms with Crippen LogP contribution in [-0.4, -0.2) is 47.8 Å². The fourth-order valence-corrected chi connectivity index (χ4v) is 3.64. The maximum atomic E-state index is 12.7. The van der Waals surface area contributed by atoms with Gasteiger partial charge >= 0.3 is 0 Å². The van der Waals surface area contributed by atoms with E-state index in [0.717, 1.165) is 51.9 Å². The molecule has 0 N–H and O–H groups in total. The monoisotopic (exact) mass is 410 g/mol. The molecule has 0 aromatic rings. The molecule has 0 rings (SSSR count). The van der Waals surface area contributed by atoms with Crippen molar-refractivity contribution in [2.75, 3.05) is 26.2 Å². The fraction of sp³-hybridized carbons (Fsp3) is 0.920. The van der Waals surface area contributed by atoms with E-state index in [0.29, 0.717) is 19.3 Å². The molecular formula is C25H50N2O2. The van der Waals surface area contributed by atoms with E-state index in [4.69, 9.17) is 0 Å². The van der Waals surface area contributed by atoms with Crippen LogP contribution in [0.4, 0.5) is 0 Å². The Hall–Kier alpha value is -1.06. The van der Waals surface area contributed by atoms with E-state index < -0.39 is 0 Å². The van der Waals surface area contributed by atoms with Crippen LogP contribution in [0.5, 0.6) is 0 Å². The van der Waals surface area contributed by atoms with E-state index in [-0.39, 0.29) is 11.8 Å². The van der Waals surface area contributed by atoms with Gasteiger partial charge in [0.2, 0.25) is 11.8 Å². The van der Waals surface area contributed by atoms with Crippen molar-refractivity contribution < 1.29 is 9.59 Å². The standard InChI is InChI=1S/C25H50N2O2/c1-5-9-13-20-26(21-14-10-6-2)24(28)18-17-19-25(29)27(22-15-11-7-3)23-16-12-8-4/h5-23H2,1-4H3. The Balaban J connectivity index is 4.43. The quantitative estimate of drug-likeness (QED) is 0.213. The summed E-state index contributed by atoms with van der Waals surface area (Å²) in [5.41, 5.74) is 0. The average molecular weight is 411 g/mol. The van der Waals surface area contributed by atoms with Crippen LogP contribution >= 0.6 is 0 Å². The average Bonchev–Trinajstić information content (AvgIpc) is 2.71. The van der Waals surface area contributed by atoms with E-state index in [2.05, 4.69) is 37.5 Å². The smallest absolute Gasteiger partial charge is 0.222 e.